The molecule has 7 nitrogen and oxygen atoms in total. The van der Waals surface area contributed by atoms with E-state index in [-0.39, 0.29) is 12.5 Å². The Morgan fingerprint density at radius 3 is 2.62 bits per heavy atom. The van der Waals surface area contributed by atoms with E-state index in [9.17, 15) is 14.4 Å². The van der Waals surface area contributed by atoms with Crippen molar-refractivity contribution in [1.29, 1.82) is 0 Å². The summed E-state index contributed by atoms with van der Waals surface area (Å²) in [6.07, 6.45) is 1.86. The van der Waals surface area contributed by atoms with E-state index in [0.717, 1.165) is 10.1 Å². The molecule has 0 saturated carbocycles. The van der Waals surface area contributed by atoms with Crippen molar-refractivity contribution in [1.82, 2.24) is 14.5 Å². The number of carbonyl (C=O) groups is 1. The molecule has 8 heteroatoms. The number of hydrogen-bond donors (Lipinski definition) is 1. The van der Waals surface area contributed by atoms with Crippen LogP contribution in [-0.2, 0) is 11.3 Å². The monoisotopic (exact) mass is 451 g/mol. The minimum Gasteiger partial charge on any atom is -0.467 e. The average molecular weight is 452 g/mol. The molecule has 2 heterocycles. The van der Waals surface area contributed by atoms with Crippen LogP contribution in [0.5, 0.6) is 0 Å². The molecule has 0 fully saturated rings. The molecule has 0 saturated heterocycles. The molecule has 1 amide bonds. The van der Waals surface area contributed by atoms with Gasteiger partial charge in [0.25, 0.3) is 5.56 Å². The molecule has 164 valence electrons. The first-order chi connectivity index (χ1) is 15.4. The number of rotatable bonds is 6. The topological polar surface area (TPSA) is 86.2 Å². The van der Waals surface area contributed by atoms with E-state index in [1.54, 1.807) is 48.5 Å². The second kappa shape index (κ2) is 8.88. The highest BCUT2D eigenvalue weighted by Crippen LogP contribution is 2.21. The van der Waals surface area contributed by atoms with Gasteiger partial charge in [0.05, 0.1) is 29.4 Å². The van der Waals surface area contributed by atoms with E-state index >= 15 is 0 Å². The Labute approximate surface area is 188 Å². The maximum atomic E-state index is 13.6. The Balaban J connectivity index is 1.92. The first-order valence-corrected chi connectivity index (χ1v) is 10.6. The first kappa shape index (κ1) is 21.6. The summed E-state index contributed by atoms with van der Waals surface area (Å²) >= 11 is 6.19. The molecular weight excluding hydrogens is 430 g/mol. The third-order valence-corrected chi connectivity index (χ3v) is 5.56. The van der Waals surface area contributed by atoms with E-state index in [1.165, 1.54) is 10.8 Å². The van der Waals surface area contributed by atoms with Crippen LogP contribution in [0, 0.1) is 6.92 Å². The van der Waals surface area contributed by atoms with Gasteiger partial charge in [0.2, 0.25) is 5.91 Å². The lowest BCUT2D eigenvalue weighted by molar-refractivity contribution is -0.124. The summed E-state index contributed by atoms with van der Waals surface area (Å²) < 4.78 is 7.72. The highest BCUT2D eigenvalue weighted by molar-refractivity contribution is 6.31. The Kier molecular flexibility index (Phi) is 6.01. The molecule has 0 bridgehead atoms. The number of hydrogen-bond acceptors (Lipinski definition) is 4. The van der Waals surface area contributed by atoms with E-state index in [1.807, 2.05) is 19.9 Å². The van der Waals surface area contributed by atoms with E-state index in [0.29, 0.717) is 33.8 Å². The zero-order valence-electron chi connectivity index (χ0n) is 17.7. The Hall–Kier alpha value is -3.58. The SMILES string of the molecule is CCC(C(=O)NCc1ccco1)n1c(=O)n(-c2cccc(C)c2)c(=O)c2ccc(Cl)cc21. The summed E-state index contributed by atoms with van der Waals surface area (Å²) in [5.74, 6) is 0.236. The molecule has 4 aromatic rings. The number of furan rings is 1. The molecule has 2 aromatic carbocycles. The van der Waals surface area contributed by atoms with Gasteiger partial charge in [0.15, 0.2) is 0 Å². The fourth-order valence-electron chi connectivity index (χ4n) is 3.79. The molecular formula is C24H22ClN3O4. The lowest BCUT2D eigenvalue weighted by Gasteiger charge is -2.21. The number of aryl methyl sites for hydroxylation is 1. The second-order valence-electron chi connectivity index (χ2n) is 7.51. The van der Waals surface area contributed by atoms with Gasteiger partial charge in [-0.25, -0.2) is 9.36 Å². The van der Waals surface area contributed by atoms with Crippen LogP contribution in [0.3, 0.4) is 0 Å². The van der Waals surface area contributed by atoms with Crippen molar-refractivity contribution in [3.8, 4) is 5.69 Å². The zero-order chi connectivity index (χ0) is 22.8. The minimum absolute atomic E-state index is 0.188. The highest BCUT2D eigenvalue weighted by Gasteiger charge is 2.25. The summed E-state index contributed by atoms with van der Waals surface area (Å²) in [7, 11) is 0. The van der Waals surface area contributed by atoms with Crippen LogP contribution in [0.15, 0.2) is 74.9 Å². The largest absolute Gasteiger partial charge is 0.467 e. The molecule has 1 atom stereocenters. The standard InChI is InChI=1S/C24H22ClN3O4/c1-3-20(22(29)26-14-18-8-5-11-32-18)28-21-13-16(25)9-10-19(21)23(30)27(24(28)31)17-7-4-6-15(2)12-17/h4-13,20H,3,14H2,1-2H3,(H,26,29). The zero-order valence-corrected chi connectivity index (χ0v) is 18.4. The number of halogens is 1. The van der Waals surface area contributed by atoms with E-state index < -0.39 is 17.3 Å². The summed E-state index contributed by atoms with van der Waals surface area (Å²) in [4.78, 5) is 40.0. The molecule has 0 aliphatic heterocycles. The lowest BCUT2D eigenvalue weighted by atomic mass is 10.1. The minimum atomic E-state index is -0.852. The van der Waals surface area contributed by atoms with E-state index in [4.69, 9.17) is 16.0 Å². The quantitative estimate of drug-likeness (QED) is 0.480. The predicted molar refractivity (Wildman–Crippen MR) is 123 cm³/mol. The van der Waals surface area contributed by atoms with Crippen LogP contribution in [0.1, 0.15) is 30.7 Å². The van der Waals surface area contributed by atoms with Gasteiger partial charge in [-0.05, 0) is 61.4 Å². The molecule has 0 radical (unpaired) electrons. The Morgan fingerprint density at radius 2 is 1.94 bits per heavy atom. The van der Waals surface area contributed by atoms with Crippen molar-refractivity contribution in [2.75, 3.05) is 0 Å². The number of nitrogens with zero attached hydrogens (tertiary/aromatic N) is 2. The van der Waals surface area contributed by atoms with E-state index in [2.05, 4.69) is 5.32 Å². The Morgan fingerprint density at radius 1 is 1.12 bits per heavy atom. The Bertz CT molecular complexity index is 1400. The molecule has 0 spiro atoms. The molecule has 4 rings (SSSR count). The number of amides is 1. The summed E-state index contributed by atoms with van der Waals surface area (Å²) in [6, 6.07) is 14.5. The van der Waals surface area contributed by atoms with Gasteiger partial charge in [0.1, 0.15) is 11.8 Å². The first-order valence-electron chi connectivity index (χ1n) is 10.2. The molecule has 0 aliphatic carbocycles. The summed E-state index contributed by atoms with van der Waals surface area (Å²) in [6.45, 7) is 3.88. The number of benzene rings is 2. The second-order valence-corrected chi connectivity index (χ2v) is 7.95. The molecule has 2 aromatic heterocycles. The molecule has 1 N–H and O–H groups in total. The van der Waals surface area contributed by atoms with Gasteiger partial charge < -0.3 is 9.73 Å². The van der Waals surface area contributed by atoms with Gasteiger partial charge in [-0.2, -0.15) is 0 Å². The fraction of sp³-hybridized carbons (Fsp3) is 0.208. The summed E-state index contributed by atoms with van der Waals surface area (Å²) in [5, 5.41) is 3.48. The number of fused-ring (bicyclic) bond motifs is 1. The van der Waals surface area contributed by atoms with Crippen LogP contribution in [0.2, 0.25) is 5.02 Å². The van der Waals surface area contributed by atoms with Crippen LogP contribution < -0.4 is 16.6 Å². The van der Waals surface area contributed by atoms with Gasteiger partial charge in [0, 0.05) is 5.02 Å². The van der Waals surface area contributed by atoms with Gasteiger partial charge >= 0.3 is 5.69 Å². The highest BCUT2D eigenvalue weighted by atomic mass is 35.5. The van der Waals surface area contributed by atoms with Crippen molar-refractivity contribution in [2.45, 2.75) is 32.9 Å². The number of nitrogens with one attached hydrogen (secondary N) is 1. The fourth-order valence-corrected chi connectivity index (χ4v) is 3.96. The number of carbonyl (C=O) groups excluding carboxylic acids is 1. The van der Waals surface area contributed by atoms with Crippen molar-refractivity contribution < 1.29 is 9.21 Å². The third kappa shape index (κ3) is 3.99. The van der Waals surface area contributed by atoms with Crippen molar-refractivity contribution in [2.24, 2.45) is 0 Å². The maximum absolute atomic E-state index is 13.6. The van der Waals surface area contributed by atoms with Gasteiger partial charge in [-0.1, -0.05) is 30.7 Å². The molecule has 1 unspecified atom stereocenters. The third-order valence-electron chi connectivity index (χ3n) is 5.33. The smallest absolute Gasteiger partial charge is 0.336 e. The summed E-state index contributed by atoms with van der Waals surface area (Å²) in [5.41, 5.74) is 0.595. The van der Waals surface area contributed by atoms with Gasteiger partial charge in [-0.15, -0.1) is 0 Å². The predicted octanol–water partition coefficient (Wildman–Crippen LogP) is 3.97. The van der Waals surface area contributed by atoms with Crippen LogP contribution in [0.4, 0.5) is 0 Å². The van der Waals surface area contributed by atoms with Gasteiger partial charge in [-0.3, -0.25) is 14.2 Å². The van der Waals surface area contributed by atoms with Crippen molar-refractivity contribution >= 4 is 28.4 Å². The lowest BCUT2D eigenvalue weighted by Crippen LogP contribution is -2.44. The van der Waals surface area contributed by atoms with Crippen LogP contribution in [-0.4, -0.2) is 15.0 Å². The van der Waals surface area contributed by atoms with Crippen molar-refractivity contribution in [3.63, 3.8) is 0 Å². The molecule has 0 aliphatic rings. The number of aromatic nitrogens is 2. The van der Waals surface area contributed by atoms with Crippen LogP contribution >= 0.6 is 11.6 Å². The maximum Gasteiger partial charge on any atom is 0.336 e. The molecule has 32 heavy (non-hydrogen) atoms. The normalized spacial score (nSPS) is 12.1. The van der Waals surface area contributed by atoms with Crippen molar-refractivity contribution in [3.05, 3.63) is 98.0 Å². The average Bonchev–Trinajstić information content (AvgIpc) is 3.28. The van der Waals surface area contributed by atoms with Crippen LogP contribution in [0.25, 0.3) is 16.6 Å².